The maximum Gasteiger partial charge on any atom is 0.223 e. The summed E-state index contributed by atoms with van der Waals surface area (Å²) in [5.41, 5.74) is 5.73. The molecule has 3 rings (SSSR count). The van der Waals surface area contributed by atoms with E-state index in [1.807, 2.05) is 11.4 Å². The van der Waals surface area contributed by atoms with Crippen molar-refractivity contribution < 1.29 is 4.74 Å². The Balaban J connectivity index is 1.84. The van der Waals surface area contributed by atoms with Crippen LogP contribution >= 0.6 is 11.3 Å². The molecule has 18 heavy (non-hydrogen) atoms. The molecule has 6 heteroatoms. The first-order chi connectivity index (χ1) is 8.76. The molecule has 1 saturated carbocycles. The predicted molar refractivity (Wildman–Crippen MR) is 73.9 cm³/mol. The molecule has 3 N–H and O–H groups in total. The number of nitrogens with two attached hydrogens (primary N) is 1. The largest absolute Gasteiger partial charge is 0.381 e. The van der Waals surface area contributed by atoms with Crippen LogP contribution in [0.2, 0.25) is 0 Å². The van der Waals surface area contributed by atoms with Gasteiger partial charge in [-0.15, -0.1) is 11.3 Å². The van der Waals surface area contributed by atoms with E-state index in [9.17, 15) is 0 Å². The van der Waals surface area contributed by atoms with Gasteiger partial charge in [0.2, 0.25) is 5.95 Å². The average Bonchev–Trinajstić information content (AvgIpc) is 2.97. The van der Waals surface area contributed by atoms with E-state index in [1.165, 1.54) is 0 Å². The summed E-state index contributed by atoms with van der Waals surface area (Å²) >= 11 is 1.58. The quantitative estimate of drug-likeness (QED) is 0.889. The van der Waals surface area contributed by atoms with Crippen molar-refractivity contribution in [3.8, 4) is 0 Å². The number of ether oxygens (including phenoxy) is 1. The summed E-state index contributed by atoms with van der Waals surface area (Å²) < 4.78 is 5.38. The summed E-state index contributed by atoms with van der Waals surface area (Å²) in [6, 6.07) is 2.44. The van der Waals surface area contributed by atoms with Gasteiger partial charge in [0.25, 0.3) is 0 Å². The minimum Gasteiger partial charge on any atom is -0.381 e. The Morgan fingerprint density at radius 2 is 2.33 bits per heavy atom. The lowest BCUT2D eigenvalue weighted by Gasteiger charge is -2.14. The van der Waals surface area contributed by atoms with Crippen LogP contribution in [0.5, 0.6) is 0 Å². The number of rotatable bonds is 3. The highest BCUT2D eigenvalue weighted by Crippen LogP contribution is 2.29. The summed E-state index contributed by atoms with van der Waals surface area (Å²) in [7, 11) is 1.77. The van der Waals surface area contributed by atoms with E-state index < -0.39 is 0 Å². The zero-order valence-corrected chi connectivity index (χ0v) is 11.0. The molecule has 0 aromatic carbocycles. The monoisotopic (exact) mass is 264 g/mol. The van der Waals surface area contributed by atoms with Gasteiger partial charge in [0.15, 0.2) is 0 Å². The summed E-state index contributed by atoms with van der Waals surface area (Å²) in [6.07, 6.45) is 3.58. The van der Waals surface area contributed by atoms with Crippen LogP contribution in [0, 0.1) is 0 Å². The van der Waals surface area contributed by atoms with Crippen molar-refractivity contribution in [1.29, 1.82) is 0 Å². The number of anilines is 2. The van der Waals surface area contributed by atoms with Gasteiger partial charge in [-0.25, -0.2) is 4.98 Å². The Labute approximate surface area is 109 Å². The average molecular weight is 264 g/mol. The molecule has 1 aliphatic carbocycles. The van der Waals surface area contributed by atoms with Crippen LogP contribution in [0.15, 0.2) is 11.4 Å². The molecule has 2 aromatic rings. The molecule has 0 spiro atoms. The predicted octanol–water partition coefficient (Wildman–Crippen LogP) is 2.25. The van der Waals surface area contributed by atoms with Crippen molar-refractivity contribution in [3.05, 3.63) is 11.4 Å². The van der Waals surface area contributed by atoms with Crippen molar-refractivity contribution in [1.82, 2.24) is 9.97 Å². The van der Waals surface area contributed by atoms with E-state index in [-0.39, 0.29) is 0 Å². The standard InChI is InChI=1S/C12H16N4OS/c1-17-8-3-2-7(6-8)14-10-9-4-5-18-11(9)16-12(13)15-10/h4-5,7-8H,2-3,6H2,1H3,(H3,13,14,15,16). The lowest BCUT2D eigenvalue weighted by atomic mass is 10.2. The van der Waals surface area contributed by atoms with Crippen LogP contribution in [0.1, 0.15) is 19.3 Å². The molecule has 5 nitrogen and oxygen atoms in total. The third-order valence-corrected chi connectivity index (χ3v) is 4.21. The molecule has 1 fully saturated rings. The molecule has 2 heterocycles. The van der Waals surface area contributed by atoms with Gasteiger partial charge in [-0.3, -0.25) is 0 Å². The van der Waals surface area contributed by atoms with E-state index >= 15 is 0 Å². The van der Waals surface area contributed by atoms with E-state index in [0.29, 0.717) is 18.1 Å². The van der Waals surface area contributed by atoms with Gasteiger partial charge in [-0.05, 0) is 30.7 Å². The van der Waals surface area contributed by atoms with Crippen molar-refractivity contribution in [2.45, 2.75) is 31.4 Å². The van der Waals surface area contributed by atoms with Gasteiger partial charge in [-0.2, -0.15) is 4.98 Å². The topological polar surface area (TPSA) is 73.1 Å². The number of thiophene rings is 1. The second kappa shape index (κ2) is 4.70. The first-order valence-electron chi connectivity index (χ1n) is 6.06. The van der Waals surface area contributed by atoms with E-state index in [1.54, 1.807) is 18.4 Å². The Morgan fingerprint density at radius 1 is 1.44 bits per heavy atom. The number of hydrogen-bond donors (Lipinski definition) is 2. The molecule has 0 bridgehead atoms. The summed E-state index contributed by atoms with van der Waals surface area (Å²) in [6.45, 7) is 0. The fraction of sp³-hybridized carbons (Fsp3) is 0.500. The second-order valence-electron chi connectivity index (χ2n) is 4.58. The van der Waals surface area contributed by atoms with Crippen LogP contribution in [-0.2, 0) is 4.74 Å². The minimum absolute atomic E-state index is 0.328. The molecular weight excluding hydrogens is 248 g/mol. The molecule has 2 unspecified atom stereocenters. The molecule has 0 amide bonds. The Bertz CT molecular complexity index is 556. The highest BCUT2D eigenvalue weighted by molar-refractivity contribution is 7.16. The number of aromatic nitrogens is 2. The summed E-state index contributed by atoms with van der Waals surface area (Å²) in [5.74, 6) is 1.18. The molecule has 96 valence electrons. The third kappa shape index (κ3) is 2.13. The smallest absolute Gasteiger partial charge is 0.223 e. The zero-order chi connectivity index (χ0) is 12.5. The number of nitrogen functional groups attached to an aromatic ring is 1. The molecule has 1 aliphatic rings. The van der Waals surface area contributed by atoms with E-state index in [2.05, 4.69) is 15.3 Å². The van der Waals surface area contributed by atoms with Gasteiger partial charge in [0.05, 0.1) is 11.5 Å². The van der Waals surface area contributed by atoms with Gasteiger partial charge in [0.1, 0.15) is 10.6 Å². The van der Waals surface area contributed by atoms with Crippen molar-refractivity contribution >= 4 is 33.3 Å². The van der Waals surface area contributed by atoms with Crippen molar-refractivity contribution in [2.75, 3.05) is 18.2 Å². The van der Waals surface area contributed by atoms with Crippen LogP contribution in [0.3, 0.4) is 0 Å². The first kappa shape index (κ1) is 11.7. The van der Waals surface area contributed by atoms with E-state index in [0.717, 1.165) is 35.3 Å². The maximum absolute atomic E-state index is 5.73. The van der Waals surface area contributed by atoms with Crippen LogP contribution in [0.4, 0.5) is 11.8 Å². The van der Waals surface area contributed by atoms with Crippen molar-refractivity contribution in [3.63, 3.8) is 0 Å². The van der Waals surface area contributed by atoms with Crippen LogP contribution in [-0.4, -0.2) is 29.2 Å². The number of hydrogen-bond acceptors (Lipinski definition) is 6. The highest BCUT2D eigenvalue weighted by atomic mass is 32.1. The van der Waals surface area contributed by atoms with Crippen molar-refractivity contribution in [2.24, 2.45) is 0 Å². The third-order valence-electron chi connectivity index (χ3n) is 3.40. The van der Waals surface area contributed by atoms with Crippen LogP contribution < -0.4 is 11.1 Å². The highest BCUT2D eigenvalue weighted by Gasteiger charge is 2.25. The lowest BCUT2D eigenvalue weighted by molar-refractivity contribution is 0.108. The molecule has 2 atom stereocenters. The minimum atomic E-state index is 0.328. The Morgan fingerprint density at radius 3 is 3.11 bits per heavy atom. The Kier molecular flexibility index (Phi) is 3.05. The maximum atomic E-state index is 5.73. The molecule has 0 radical (unpaired) electrons. The van der Waals surface area contributed by atoms with Gasteiger partial charge in [-0.1, -0.05) is 0 Å². The fourth-order valence-corrected chi connectivity index (χ4v) is 3.23. The van der Waals surface area contributed by atoms with Gasteiger partial charge < -0.3 is 15.8 Å². The van der Waals surface area contributed by atoms with Gasteiger partial charge >= 0.3 is 0 Å². The summed E-state index contributed by atoms with van der Waals surface area (Å²) in [5, 5.41) is 6.53. The second-order valence-corrected chi connectivity index (χ2v) is 5.48. The normalized spacial score (nSPS) is 23.6. The Hall–Kier alpha value is -1.40. The molecule has 2 aromatic heterocycles. The molecule has 0 saturated heterocycles. The SMILES string of the molecule is COC1CCC(Nc2nc(N)nc3sccc23)C1. The number of nitrogens with zero attached hydrogens (tertiary/aromatic N) is 2. The summed E-state index contributed by atoms with van der Waals surface area (Å²) in [4.78, 5) is 9.47. The molecule has 0 aliphatic heterocycles. The number of methoxy groups -OCH3 is 1. The number of nitrogens with one attached hydrogen (secondary N) is 1. The van der Waals surface area contributed by atoms with E-state index in [4.69, 9.17) is 10.5 Å². The zero-order valence-electron chi connectivity index (χ0n) is 10.2. The lowest BCUT2D eigenvalue weighted by Crippen LogP contribution is -2.18. The molecular formula is C12H16N4OS. The fourth-order valence-electron chi connectivity index (χ4n) is 2.46. The number of fused-ring (bicyclic) bond motifs is 1. The first-order valence-corrected chi connectivity index (χ1v) is 6.94. The van der Waals surface area contributed by atoms with Crippen LogP contribution in [0.25, 0.3) is 10.2 Å². The van der Waals surface area contributed by atoms with Gasteiger partial charge in [0, 0.05) is 13.2 Å².